The maximum atomic E-state index is 16.4. The van der Waals surface area contributed by atoms with E-state index in [0.717, 1.165) is 12.3 Å². The highest BCUT2D eigenvalue weighted by Crippen LogP contribution is 2.50. The van der Waals surface area contributed by atoms with E-state index < -0.39 is 135 Å². The lowest BCUT2D eigenvalue weighted by molar-refractivity contribution is -0.116. The van der Waals surface area contributed by atoms with Gasteiger partial charge in [-0.05, 0) is 45.8 Å². The maximum absolute atomic E-state index is 16.4. The first-order valence-corrected chi connectivity index (χ1v) is 27.5. The van der Waals surface area contributed by atoms with Crippen molar-refractivity contribution in [3.8, 4) is 17.2 Å². The van der Waals surface area contributed by atoms with Crippen molar-refractivity contribution in [3.05, 3.63) is 104 Å². The van der Waals surface area contributed by atoms with E-state index in [9.17, 15) is 54.0 Å². The summed E-state index contributed by atoms with van der Waals surface area (Å²) in [5, 5.41) is 47.9. The van der Waals surface area contributed by atoms with Gasteiger partial charge in [0.15, 0.2) is 11.6 Å². The number of rotatable bonds is 7. The SMILES string of the molecule is COc1c(N2CCN(C(=O)O[C@H]3[C@H](C)[C@H](O)[C@H](C)[C@@H](O)[C@@H](C)/C=C/C=C(/C)C(=O)NC4=C(N5CCOCC5)C(=O)c5c(c(O)c(C)c6c5C(=O)[C@@](C)(O/C=C/[C@H](OC)[C@H]3C)O6)C4=O)C(C)C2)c(F)cc2c(=O)c(C(=O)O)cn(C3CC3)c12. The minimum atomic E-state index is -2.19. The van der Waals surface area contributed by atoms with Crippen molar-refractivity contribution in [2.45, 2.75) is 111 Å². The number of aromatic hydroxyl groups is 1. The smallest absolute Gasteiger partial charge is 0.410 e. The van der Waals surface area contributed by atoms with Crippen LogP contribution >= 0.6 is 0 Å². The van der Waals surface area contributed by atoms with Gasteiger partial charge in [0.1, 0.15) is 40.2 Å². The molecule has 10 atom stereocenters. The quantitative estimate of drug-likeness (QED) is 0.193. The number of allylic oxidation sites excluding steroid dienone is 4. The van der Waals surface area contributed by atoms with Crippen molar-refractivity contribution in [1.82, 2.24) is 19.7 Å². The number of hydrogen-bond donors (Lipinski definition) is 5. The molecular weight excluding hydrogens is 1070 g/mol. The Morgan fingerprint density at radius 1 is 0.866 bits per heavy atom. The zero-order valence-corrected chi connectivity index (χ0v) is 47.4. The summed E-state index contributed by atoms with van der Waals surface area (Å²) < 4.78 is 54.1. The number of methoxy groups -OCH3 is 2. The van der Waals surface area contributed by atoms with Gasteiger partial charge >= 0.3 is 17.8 Å². The molecule has 440 valence electrons. The first-order valence-electron chi connectivity index (χ1n) is 27.5. The third kappa shape index (κ3) is 10.4. The zero-order valence-electron chi connectivity index (χ0n) is 47.4. The fourth-order valence-electron chi connectivity index (χ4n) is 11.9. The Bertz CT molecular complexity index is 3340. The van der Waals surface area contributed by atoms with E-state index in [1.807, 2.05) is 0 Å². The molecule has 5 aliphatic heterocycles. The van der Waals surface area contributed by atoms with Gasteiger partial charge < -0.3 is 73.4 Å². The van der Waals surface area contributed by atoms with E-state index in [1.54, 1.807) is 55.1 Å². The van der Waals surface area contributed by atoms with E-state index in [4.69, 9.17) is 28.4 Å². The first kappa shape index (κ1) is 59.0. The molecule has 5 bridgehead atoms. The number of aliphatic hydroxyl groups excluding tert-OH is 2. The van der Waals surface area contributed by atoms with Crippen molar-refractivity contribution in [1.29, 1.82) is 0 Å². The number of carbonyl (C=O) groups excluding carboxylic acids is 5. The first-order chi connectivity index (χ1) is 38.9. The third-order valence-electron chi connectivity index (χ3n) is 16.9. The van der Waals surface area contributed by atoms with Gasteiger partial charge in [0, 0.05) is 99.8 Å². The number of morpholine rings is 1. The summed E-state index contributed by atoms with van der Waals surface area (Å²) in [6.07, 6.45) is 4.41. The van der Waals surface area contributed by atoms with E-state index >= 15 is 4.39 Å². The Kier molecular flexibility index (Phi) is 16.5. The number of pyridine rings is 1. The molecule has 1 aromatic heterocycles. The molecule has 6 heterocycles. The van der Waals surface area contributed by atoms with Gasteiger partial charge in [-0.2, -0.15) is 0 Å². The van der Waals surface area contributed by atoms with E-state index in [1.165, 1.54) is 64.3 Å². The molecule has 1 saturated carbocycles. The van der Waals surface area contributed by atoms with Crippen LogP contribution in [-0.4, -0.2) is 167 Å². The number of nitrogens with zero attached hydrogens (tertiary/aromatic N) is 4. The Morgan fingerprint density at radius 2 is 1.56 bits per heavy atom. The van der Waals surface area contributed by atoms with Crippen molar-refractivity contribution >= 4 is 51.9 Å². The van der Waals surface area contributed by atoms with Gasteiger partial charge in [0.25, 0.3) is 11.7 Å². The number of aromatic carboxylic acids is 1. The largest absolute Gasteiger partial charge is 0.507 e. The minimum absolute atomic E-state index is 0.00321. The summed E-state index contributed by atoms with van der Waals surface area (Å²) in [5.74, 6) is -11.8. The van der Waals surface area contributed by atoms with Crippen LogP contribution in [0.5, 0.6) is 17.2 Å². The summed E-state index contributed by atoms with van der Waals surface area (Å²) >= 11 is 0. The van der Waals surface area contributed by atoms with Crippen molar-refractivity contribution < 1.29 is 82.0 Å². The number of anilines is 1. The highest BCUT2D eigenvalue weighted by Gasteiger charge is 2.53. The fourth-order valence-corrected chi connectivity index (χ4v) is 11.9. The fraction of sp³-hybridized carbons (Fsp3) is 0.508. The Labute approximate surface area is 472 Å². The highest BCUT2D eigenvalue weighted by atomic mass is 19.1. The number of carboxylic acid groups (broad SMARTS) is 1. The maximum Gasteiger partial charge on any atom is 0.410 e. The molecule has 2 saturated heterocycles. The number of phenols is 1. The molecule has 22 nitrogen and oxygen atoms in total. The topological polar surface area (TPSA) is 282 Å². The lowest BCUT2D eigenvalue weighted by atomic mass is 9.78. The highest BCUT2D eigenvalue weighted by molar-refractivity contribution is 6.32. The van der Waals surface area contributed by atoms with Gasteiger partial charge in [-0.25, -0.2) is 14.0 Å². The summed E-state index contributed by atoms with van der Waals surface area (Å²) in [6, 6.07) is 0.261. The van der Waals surface area contributed by atoms with E-state index in [0.29, 0.717) is 12.8 Å². The molecule has 0 radical (unpaired) electrons. The second-order valence-corrected chi connectivity index (χ2v) is 22.3. The number of amides is 2. The number of ketones is 3. The molecule has 0 spiro atoms. The number of carbonyl (C=O) groups is 6. The number of carboxylic acids is 1. The number of Topliss-reactive ketones (excluding diaryl/α,β-unsaturated/α-hetero) is 3. The van der Waals surface area contributed by atoms with Gasteiger partial charge in [-0.15, -0.1) is 0 Å². The Morgan fingerprint density at radius 3 is 2.20 bits per heavy atom. The molecular formula is C59H70FN5O17. The number of phenolic OH excluding ortho intramolecular Hbond substituents is 1. The molecule has 82 heavy (non-hydrogen) atoms. The summed E-state index contributed by atoms with van der Waals surface area (Å²) in [4.78, 5) is 103. The molecule has 10 rings (SSSR count). The third-order valence-corrected chi connectivity index (χ3v) is 16.9. The van der Waals surface area contributed by atoms with Crippen LogP contribution in [-0.2, 0) is 23.7 Å². The molecule has 5 N–H and O–H groups in total. The Hall–Kier alpha value is -7.60. The van der Waals surface area contributed by atoms with Crippen molar-refractivity contribution in [2.24, 2.45) is 23.7 Å². The number of nitrogens with one attached hydrogen (secondary N) is 1. The summed E-state index contributed by atoms with van der Waals surface area (Å²) in [5.41, 5.74) is -2.86. The van der Waals surface area contributed by atoms with Crippen LogP contribution in [0.15, 0.2) is 64.6 Å². The predicted molar refractivity (Wildman–Crippen MR) is 294 cm³/mol. The molecule has 2 amide bonds. The second kappa shape index (κ2) is 23.0. The molecule has 23 heteroatoms. The normalized spacial score (nSPS) is 29.9. The number of aliphatic hydroxyl groups is 2. The van der Waals surface area contributed by atoms with E-state index in [2.05, 4.69) is 5.32 Å². The number of aromatic nitrogens is 1. The van der Waals surface area contributed by atoms with Crippen molar-refractivity contribution in [2.75, 3.05) is 65.1 Å². The average molecular weight is 1140 g/mol. The molecule has 1 unspecified atom stereocenters. The standard InChI is InChI=1S/C59H70FN5O17/c1-27-12-11-13-28(2)56(73)61-42-45(62-19-22-79-23-20-62)51(71)39-40(50(42)70)48(68)33(7)53-41(39)55(72)59(8,82-53)80-21-16-38(77-9)30(4)52(32(6)47(67)31(5)46(27)66)81-58(76)64-18-17-63(25-29(64)3)44-37(60)24-35-43(54(44)78-10)65(34-14-15-34)26-36(49(35)69)57(74)75/h11-13,16,21,24,26-27,29-32,34,38,46-47,52,66-68H,14-15,17-20,22-23,25H2,1-10H3,(H,61,73)(H,74,75)/b12-11+,21-16+,28-13-/t27-,29?,30+,31+,32+,38-,46-,47+,52+,59-/m0/s1. The number of benzene rings is 2. The number of ether oxygens (including phenoxy) is 6. The van der Waals surface area contributed by atoms with Crippen LogP contribution in [0.2, 0.25) is 0 Å². The van der Waals surface area contributed by atoms with Gasteiger partial charge in [0.05, 0.1) is 72.5 Å². The molecule has 2 aliphatic carbocycles. The summed E-state index contributed by atoms with van der Waals surface area (Å²) in [6.45, 7) is 13.4. The van der Waals surface area contributed by atoms with Gasteiger partial charge in [0.2, 0.25) is 17.0 Å². The number of piperazine rings is 1. The zero-order chi connectivity index (χ0) is 59.5. The van der Waals surface area contributed by atoms with Crippen LogP contribution in [0, 0.1) is 36.4 Å². The molecule has 7 aliphatic rings. The predicted octanol–water partition coefficient (Wildman–Crippen LogP) is 5.57. The van der Waals surface area contributed by atoms with E-state index in [-0.39, 0.29) is 102 Å². The molecule has 3 aromatic rings. The summed E-state index contributed by atoms with van der Waals surface area (Å²) in [7, 11) is 2.73. The number of hydrogen-bond acceptors (Lipinski definition) is 18. The van der Waals surface area contributed by atoms with Crippen LogP contribution in [0.25, 0.3) is 10.9 Å². The number of fused-ring (bicyclic) bond motifs is 15. The molecule has 3 fully saturated rings. The lowest BCUT2D eigenvalue weighted by Crippen LogP contribution is -2.56. The molecule has 2 aromatic carbocycles. The average Bonchev–Trinajstić information content (AvgIpc) is 1.71. The van der Waals surface area contributed by atoms with Crippen LogP contribution in [0.3, 0.4) is 0 Å². The second-order valence-electron chi connectivity index (χ2n) is 22.3. The van der Waals surface area contributed by atoms with Crippen LogP contribution < -0.4 is 25.1 Å². The van der Waals surface area contributed by atoms with Crippen LogP contribution in [0.1, 0.15) is 114 Å². The van der Waals surface area contributed by atoms with Gasteiger partial charge in [-0.3, -0.25) is 24.0 Å². The van der Waals surface area contributed by atoms with Crippen LogP contribution in [0.4, 0.5) is 14.9 Å². The van der Waals surface area contributed by atoms with Crippen molar-refractivity contribution in [3.63, 3.8) is 0 Å². The monoisotopic (exact) mass is 1140 g/mol. The Balaban J connectivity index is 1.04. The number of halogens is 1. The van der Waals surface area contributed by atoms with Gasteiger partial charge in [-0.1, -0.05) is 45.9 Å². The minimum Gasteiger partial charge on any atom is -0.507 e. The lowest BCUT2D eigenvalue weighted by Gasteiger charge is -2.43.